The van der Waals surface area contributed by atoms with E-state index in [1.807, 2.05) is 30.3 Å². The van der Waals surface area contributed by atoms with Crippen LogP contribution in [0.2, 0.25) is 0 Å². The van der Waals surface area contributed by atoms with Gasteiger partial charge in [-0.3, -0.25) is 9.69 Å². The van der Waals surface area contributed by atoms with Crippen molar-refractivity contribution in [3.63, 3.8) is 0 Å². The number of nitrogens with two attached hydrogens (primary N) is 1. The fourth-order valence-electron chi connectivity index (χ4n) is 2.19. The van der Waals surface area contributed by atoms with Gasteiger partial charge in [-0.05, 0) is 18.5 Å². The van der Waals surface area contributed by atoms with Gasteiger partial charge in [0.2, 0.25) is 5.91 Å². The maximum atomic E-state index is 11.9. The van der Waals surface area contributed by atoms with Crippen LogP contribution in [0.25, 0.3) is 0 Å². The minimum Gasteiger partial charge on any atom is -0.393 e. The summed E-state index contributed by atoms with van der Waals surface area (Å²) in [6.45, 7) is 4.02. The van der Waals surface area contributed by atoms with Crippen LogP contribution in [0.3, 0.4) is 0 Å². The Morgan fingerprint density at radius 1 is 1.29 bits per heavy atom. The van der Waals surface area contributed by atoms with E-state index in [1.165, 1.54) is 0 Å². The molecular weight excluding hydrogens is 282 g/mol. The number of likely N-dealkylation sites (N-methyl/N-ethyl adjacent to an activating group) is 1. The number of amides is 1. The number of hydrogen-bond acceptors (Lipinski definition) is 3. The Hall–Kier alpha value is -1.46. The van der Waals surface area contributed by atoms with Gasteiger partial charge in [0, 0.05) is 26.6 Å². The molecule has 0 saturated carbocycles. The maximum absolute atomic E-state index is 11.9. The van der Waals surface area contributed by atoms with E-state index in [0.717, 1.165) is 18.5 Å². The molecule has 1 aromatic carbocycles. The van der Waals surface area contributed by atoms with Gasteiger partial charge >= 0.3 is 0 Å². The van der Waals surface area contributed by atoms with Gasteiger partial charge in [0.25, 0.3) is 0 Å². The molecule has 1 rings (SSSR count). The van der Waals surface area contributed by atoms with Crippen LogP contribution in [-0.2, 0) is 4.79 Å². The van der Waals surface area contributed by atoms with Gasteiger partial charge in [0.05, 0.1) is 11.5 Å². The Balaban J connectivity index is 2.83. The van der Waals surface area contributed by atoms with E-state index in [0.29, 0.717) is 18.1 Å². The third-order valence-corrected chi connectivity index (χ3v) is 3.67. The number of benzene rings is 1. The van der Waals surface area contributed by atoms with Gasteiger partial charge in [-0.2, -0.15) is 0 Å². The van der Waals surface area contributed by atoms with E-state index in [-0.39, 0.29) is 11.8 Å². The van der Waals surface area contributed by atoms with Gasteiger partial charge in [-0.25, -0.2) is 0 Å². The summed E-state index contributed by atoms with van der Waals surface area (Å²) in [4.78, 5) is 16.1. The van der Waals surface area contributed by atoms with Crippen molar-refractivity contribution in [3.05, 3.63) is 35.9 Å². The second-order valence-electron chi connectivity index (χ2n) is 5.39. The molecule has 0 radical (unpaired) electrons. The highest BCUT2D eigenvalue weighted by Crippen LogP contribution is 2.18. The zero-order chi connectivity index (χ0) is 15.8. The van der Waals surface area contributed by atoms with Crippen LogP contribution in [-0.4, -0.2) is 54.4 Å². The SMILES string of the molecule is CCCN(CC(=O)N(C)C)CC(C(N)=S)c1ccccc1. The number of carbonyl (C=O) groups excluding carboxylic acids is 1. The summed E-state index contributed by atoms with van der Waals surface area (Å²) >= 11 is 5.22. The zero-order valence-corrected chi connectivity index (χ0v) is 13.9. The van der Waals surface area contributed by atoms with Gasteiger partial charge in [-0.1, -0.05) is 49.5 Å². The Morgan fingerprint density at radius 3 is 2.38 bits per heavy atom. The molecule has 1 atom stereocenters. The standard InChI is InChI=1S/C16H25N3OS/c1-4-10-19(12-15(20)18(2)3)11-14(16(17)21)13-8-6-5-7-9-13/h5-9,14H,4,10-12H2,1-3H3,(H2,17,21). The molecule has 21 heavy (non-hydrogen) atoms. The molecule has 0 heterocycles. The summed E-state index contributed by atoms with van der Waals surface area (Å²) in [5, 5.41) is 0. The summed E-state index contributed by atoms with van der Waals surface area (Å²) in [6.07, 6.45) is 0.986. The van der Waals surface area contributed by atoms with E-state index >= 15 is 0 Å². The lowest BCUT2D eigenvalue weighted by Crippen LogP contribution is -2.41. The second kappa shape index (κ2) is 8.74. The Labute approximate surface area is 132 Å². The molecular formula is C16H25N3OS. The molecule has 1 amide bonds. The Bertz CT molecular complexity index is 462. The van der Waals surface area contributed by atoms with E-state index in [9.17, 15) is 4.79 Å². The first-order chi connectivity index (χ1) is 9.95. The molecule has 0 aliphatic carbocycles. The van der Waals surface area contributed by atoms with Crippen molar-refractivity contribution in [2.24, 2.45) is 5.73 Å². The summed E-state index contributed by atoms with van der Waals surface area (Å²) in [5.74, 6) is 0.0703. The van der Waals surface area contributed by atoms with Crippen LogP contribution in [0.15, 0.2) is 30.3 Å². The van der Waals surface area contributed by atoms with E-state index < -0.39 is 0 Å². The summed E-state index contributed by atoms with van der Waals surface area (Å²) < 4.78 is 0. The predicted molar refractivity (Wildman–Crippen MR) is 91.4 cm³/mol. The molecule has 116 valence electrons. The van der Waals surface area contributed by atoms with E-state index in [2.05, 4.69) is 11.8 Å². The topological polar surface area (TPSA) is 49.6 Å². The molecule has 0 spiro atoms. The second-order valence-corrected chi connectivity index (χ2v) is 5.86. The molecule has 0 aromatic heterocycles. The molecule has 0 bridgehead atoms. The predicted octanol–water partition coefficient (Wildman–Crippen LogP) is 1.86. The average molecular weight is 307 g/mol. The highest BCUT2D eigenvalue weighted by Gasteiger charge is 2.20. The minimum absolute atomic E-state index is 0.0253. The number of nitrogens with zero attached hydrogens (tertiary/aromatic N) is 2. The van der Waals surface area contributed by atoms with Crippen LogP contribution in [0.5, 0.6) is 0 Å². The first-order valence-electron chi connectivity index (χ1n) is 7.22. The summed E-state index contributed by atoms with van der Waals surface area (Å²) in [5.41, 5.74) is 7.01. The Morgan fingerprint density at radius 2 is 1.90 bits per heavy atom. The zero-order valence-electron chi connectivity index (χ0n) is 13.1. The van der Waals surface area contributed by atoms with Crippen molar-refractivity contribution in [2.45, 2.75) is 19.3 Å². The Kier molecular flexibility index (Phi) is 7.32. The highest BCUT2D eigenvalue weighted by molar-refractivity contribution is 7.80. The molecule has 0 fully saturated rings. The lowest BCUT2D eigenvalue weighted by atomic mass is 9.98. The third-order valence-electron chi connectivity index (χ3n) is 3.38. The van der Waals surface area contributed by atoms with Gasteiger partial charge < -0.3 is 10.6 Å². The molecule has 4 nitrogen and oxygen atoms in total. The molecule has 5 heteroatoms. The number of carbonyl (C=O) groups is 1. The first-order valence-corrected chi connectivity index (χ1v) is 7.63. The first kappa shape index (κ1) is 17.6. The van der Waals surface area contributed by atoms with Gasteiger partial charge in [-0.15, -0.1) is 0 Å². The van der Waals surface area contributed by atoms with Crippen LogP contribution in [0.1, 0.15) is 24.8 Å². The average Bonchev–Trinajstić information content (AvgIpc) is 2.45. The van der Waals surface area contributed by atoms with E-state index in [4.69, 9.17) is 18.0 Å². The molecule has 2 N–H and O–H groups in total. The van der Waals surface area contributed by atoms with Crippen LogP contribution < -0.4 is 5.73 Å². The van der Waals surface area contributed by atoms with Crippen LogP contribution in [0.4, 0.5) is 0 Å². The fourth-order valence-corrected chi connectivity index (χ4v) is 2.40. The van der Waals surface area contributed by atoms with Crippen molar-refractivity contribution in [1.82, 2.24) is 9.80 Å². The minimum atomic E-state index is -0.0253. The number of rotatable bonds is 8. The lowest BCUT2D eigenvalue weighted by Gasteiger charge is -2.27. The normalized spacial score (nSPS) is 12.2. The van der Waals surface area contributed by atoms with Crippen molar-refractivity contribution in [3.8, 4) is 0 Å². The highest BCUT2D eigenvalue weighted by atomic mass is 32.1. The van der Waals surface area contributed by atoms with Gasteiger partial charge in [0.1, 0.15) is 0 Å². The maximum Gasteiger partial charge on any atom is 0.236 e. The lowest BCUT2D eigenvalue weighted by molar-refractivity contribution is -0.129. The number of thiocarbonyl (C=S) groups is 1. The third kappa shape index (κ3) is 5.81. The van der Waals surface area contributed by atoms with E-state index in [1.54, 1.807) is 19.0 Å². The molecule has 1 unspecified atom stereocenters. The summed E-state index contributed by atoms with van der Waals surface area (Å²) in [6, 6.07) is 9.99. The monoisotopic (exact) mass is 307 g/mol. The number of hydrogen-bond donors (Lipinski definition) is 1. The fraction of sp³-hybridized carbons (Fsp3) is 0.500. The van der Waals surface area contributed by atoms with Gasteiger partial charge in [0.15, 0.2) is 0 Å². The van der Waals surface area contributed by atoms with Crippen LogP contribution >= 0.6 is 12.2 Å². The molecule has 1 aromatic rings. The van der Waals surface area contributed by atoms with Crippen molar-refractivity contribution < 1.29 is 4.79 Å². The molecule has 0 saturated heterocycles. The van der Waals surface area contributed by atoms with Crippen LogP contribution in [0, 0.1) is 0 Å². The summed E-state index contributed by atoms with van der Waals surface area (Å²) in [7, 11) is 3.55. The van der Waals surface area contributed by atoms with Crippen molar-refractivity contribution >= 4 is 23.1 Å². The van der Waals surface area contributed by atoms with Crippen molar-refractivity contribution in [1.29, 1.82) is 0 Å². The van der Waals surface area contributed by atoms with Crippen molar-refractivity contribution in [2.75, 3.05) is 33.7 Å². The molecule has 0 aliphatic heterocycles. The smallest absolute Gasteiger partial charge is 0.236 e. The molecule has 0 aliphatic rings. The largest absolute Gasteiger partial charge is 0.393 e. The quantitative estimate of drug-likeness (QED) is 0.745.